The lowest BCUT2D eigenvalue weighted by atomic mass is 9.89. The average molecular weight is 576 g/mol. The van der Waals surface area contributed by atoms with Crippen LogP contribution in [-0.2, 0) is 23.4 Å². The topological polar surface area (TPSA) is 158 Å². The van der Waals surface area contributed by atoms with Crippen molar-refractivity contribution in [3.63, 3.8) is 0 Å². The van der Waals surface area contributed by atoms with Crippen molar-refractivity contribution in [2.45, 2.75) is 76.5 Å². The van der Waals surface area contributed by atoms with Crippen LogP contribution in [0.5, 0.6) is 5.75 Å². The summed E-state index contributed by atoms with van der Waals surface area (Å²) in [5, 5.41) is 13.3. The number of hydrogen-bond donors (Lipinski definition) is 3. The zero-order chi connectivity index (χ0) is 29.2. The number of ether oxygens (including phenoxy) is 2. The number of esters is 1. The fourth-order valence-corrected chi connectivity index (χ4v) is 5.84. The Morgan fingerprint density at radius 1 is 1.26 bits per heavy atom. The van der Waals surface area contributed by atoms with Gasteiger partial charge in [0.25, 0.3) is 5.56 Å². The number of aliphatic hydroxyl groups excluding tert-OH is 1. The van der Waals surface area contributed by atoms with Crippen LogP contribution in [0.15, 0.2) is 52.2 Å². The molecule has 6 atom stereocenters. The second-order valence-electron chi connectivity index (χ2n) is 9.86. The van der Waals surface area contributed by atoms with E-state index in [0.717, 1.165) is 12.3 Å². The van der Waals surface area contributed by atoms with E-state index in [-0.39, 0.29) is 5.75 Å². The number of alkyl halides is 2. The van der Waals surface area contributed by atoms with Crippen molar-refractivity contribution in [1.29, 1.82) is 0 Å². The minimum absolute atomic E-state index is 0.0858. The molecule has 2 aromatic rings. The fraction of sp³-hybridized carbons (Fsp3) is 0.542. The lowest BCUT2D eigenvalue weighted by Gasteiger charge is -2.36. The third-order valence-corrected chi connectivity index (χ3v) is 7.71. The molecule has 1 aromatic heterocycles. The molecule has 0 radical (unpaired) electrons. The van der Waals surface area contributed by atoms with Crippen LogP contribution in [-0.4, -0.2) is 62.9 Å². The van der Waals surface area contributed by atoms with E-state index in [1.165, 1.54) is 32.9 Å². The van der Waals surface area contributed by atoms with Gasteiger partial charge in [0.2, 0.25) is 5.67 Å². The highest BCUT2D eigenvalue weighted by molar-refractivity contribution is 7.52. The van der Waals surface area contributed by atoms with Crippen molar-refractivity contribution in [3.8, 4) is 5.75 Å². The average Bonchev–Trinajstić information content (AvgIpc) is 3.10. The van der Waals surface area contributed by atoms with Gasteiger partial charge in [0.05, 0.1) is 6.10 Å². The minimum atomic E-state index is -4.53. The van der Waals surface area contributed by atoms with Crippen LogP contribution in [0.25, 0.3) is 0 Å². The van der Waals surface area contributed by atoms with Gasteiger partial charge in [0, 0.05) is 12.3 Å². The molecule has 15 heteroatoms. The van der Waals surface area contributed by atoms with Crippen LogP contribution >= 0.6 is 7.75 Å². The zero-order valence-corrected chi connectivity index (χ0v) is 22.9. The second-order valence-corrected chi connectivity index (χ2v) is 11.5. The van der Waals surface area contributed by atoms with E-state index in [1.54, 1.807) is 32.0 Å². The van der Waals surface area contributed by atoms with E-state index in [0.29, 0.717) is 4.57 Å². The lowest BCUT2D eigenvalue weighted by Crippen LogP contribution is -2.52. The van der Waals surface area contributed by atoms with Crippen molar-refractivity contribution in [2.24, 2.45) is 0 Å². The van der Waals surface area contributed by atoms with Gasteiger partial charge in [-0.05, 0) is 46.8 Å². The number of carbonyl (C=O) groups excluding carboxylic acids is 1. The number of aliphatic hydroxyl groups is 1. The molecule has 1 aliphatic rings. The number of benzene rings is 1. The first kappa shape index (κ1) is 30.6. The SMILES string of the molecule is CC(C)OC(=O)[C@H](C)NP(=O)(Oc1ccccc1)OC(C)(C)[C@H]1O[C@@H](n2ccc(=O)[nH]c2=O)[C@@](F)(CF)C1O. The van der Waals surface area contributed by atoms with Crippen molar-refractivity contribution < 1.29 is 41.8 Å². The number of rotatable bonds is 11. The molecule has 2 unspecified atom stereocenters. The molecule has 0 amide bonds. The zero-order valence-electron chi connectivity index (χ0n) is 22.0. The van der Waals surface area contributed by atoms with Gasteiger partial charge in [-0.1, -0.05) is 18.2 Å². The molecular formula is C24H32F2N3O9P. The first-order valence-electron chi connectivity index (χ1n) is 12.1. The van der Waals surface area contributed by atoms with Gasteiger partial charge in [-0.25, -0.2) is 18.1 Å². The number of halogens is 2. The predicted octanol–water partition coefficient (Wildman–Crippen LogP) is 2.38. The Kier molecular flexibility index (Phi) is 9.18. The van der Waals surface area contributed by atoms with Gasteiger partial charge in [0.15, 0.2) is 6.23 Å². The van der Waals surface area contributed by atoms with Crippen molar-refractivity contribution in [1.82, 2.24) is 14.6 Å². The molecule has 0 aliphatic carbocycles. The fourth-order valence-electron chi connectivity index (χ4n) is 4.00. The summed E-state index contributed by atoms with van der Waals surface area (Å²) < 4.78 is 66.5. The Hall–Kier alpha value is -2.90. The highest BCUT2D eigenvalue weighted by Crippen LogP contribution is 2.53. The number of nitrogens with one attached hydrogen (secondary N) is 2. The van der Waals surface area contributed by atoms with E-state index in [1.807, 2.05) is 4.98 Å². The molecule has 216 valence electrons. The molecule has 3 N–H and O–H groups in total. The highest BCUT2D eigenvalue weighted by atomic mass is 31.2. The van der Waals surface area contributed by atoms with E-state index >= 15 is 4.39 Å². The third kappa shape index (κ3) is 6.82. The summed E-state index contributed by atoms with van der Waals surface area (Å²) in [6, 6.07) is 7.50. The summed E-state index contributed by atoms with van der Waals surface area (Å²) in [6.45, 7) is 5.39. The van der Waals surface area contributed by atoms with Gasteiger partial charge >= 0.3 is 19.4 Å². The van der Waals surface area contributed by atoms with Crippen LogP contribution < -0.4 is 20.9 Å². The Morgan fingerprint density at radius 2 is 1.90 bits per heavy atom. The van der Waals surface area contributed by atoms with Crippen molar-refractivity contribution in [3.05, 3.63) is 63.4 Å². The Balaban J connectivity index is 1.96. The molecule has 1 fully saturated rings. The number of carbonyl (C=O) groups is 1. The lowest BCUT2D eigenvalue weighted by molar-refractivity contribution is -0.149. The van der Waals surface area contributed by atoms with Crippen molar-refractivity contribution in [2.75, 3.05) is 6.67 Å². The molecule has 1 aliphatic heterocycles. The monoisotopic (exact) mass is 575 g/mol. The maximum absolute atomic E-state index is 15.8. The van der Waals surface area contributed by atoms with E-state index < -0.39 is 73.5 Å². The van der Waals surface area contributed by atoms with E-state index in [9.17, 15) is 28.4 Å². The number of nitrogens with zero attached hydrogens (tertiary/aromatic N) is 1. The standard InChI is InChI=1S/C24H32F2N3O9P/c1-14(2)35-20(32)15(3)28-39(34,37-16-9-7-6-8-10-16)38-23(4,5)19-18(31)24(26,13-25)21(36-19)29-12-11-17(30)27-22(29)33/h6-12,14-15,18-19,21,31H,13H2,1-5H3,(H,28,34)(H,27,30,33)/t15-,18?,19-,21+,24+,39?/m0/s1. The summed E-state index contributed by atoms with van der Waals surface area (Å²) >= 11 is 0. The smallest absolute Gasteiger partial charge is 0.460 e. The molecule has 3 rings (SSSR count). The summed E-state index contributed by atoms with van der Waals surface area (Å²) in [5.41, 5.74) is -6.92. The van der Waals surface area contributed by atoms with Crippen LogP contribution in [0, 0.1) is 0 Å². The number of aromatic nitrogens is 2. The van der Waals surface area contributed by atoms with Gasteiger partial charge < -0.3 is 19.1 Å². The number of H-pyrrole nitrogens is 1. The van der Waals surface area contributed by atoms with Crippen LogP contribution in [0.2, 0.25) is 0 Å². The molecule has 0 spiro atoms. The van der Waals surface area contributed by atoms with Crippen LogP contribution in [0.3, 0.4) is 0 Å². The summed E-state index contributed by atoms with van der Waals surface area (Å²) in [6.07, 6.45) is -5.53. The van der Waals surface area contributed by atoms with Gasteiger partial charge in [0.1, 0.15) is 36.3 Å². The summed E-state index contributed by atoms with van der Waals surface area (Å²) in [5.74, 6) is -0.680. The van der Waals surface area contributed by atoms with Crippen molar-refractivity contribution >= 4 is 13.7 Å². The predicted molar refractivity (Wildman–Crippen MR) is 135 cm³/mol. The highest BCUT2D eigenvalue weighted by Gasteiger charge is 2.63. The molecule has 12 nitrogen and oxygen atoms in total. The summed E-state index contributed by atoms with van der Waals surface area (Å²) in [4.78, 5) is 38.1. The summed E-state index contributed by atoms with van der Waals surface area (Å²) in [7, 11) is -4.53. The number of aromatic amines is 1. The quantitative estimate of drug-likeness (QED) is 0.268. The van der Waals surface area contributed by atoms with Gasteiger partial charge in [-0.2, -0.15) is 5.09 Å². The second kappa shape index (κ2) is 11.7. The molecule has 1 saturated heterocycles. The van der Waals surface area contributed by atoms with E-state index in [4.69, 9.17) is 18.5 Å². The Morgan fingerprint density at radius 3 is 2.46 bits per heavy atom. The molecule has 0 saturated carbocycles. The normalized spacial score (nSPS) is 25.7. The van der Waals surface area contributed by atoms with Gasteiger partial charge in [-0.3, -0.25) is 23.7 Å². The maximum Gasteiger partial charge on any atom is 0.460 e. The first-order valence-corrected chi connectivity index (χ1v) is 13.6. The van der Waals surface area contributed by atoms with Crippen LogP contribution in [0.1, 0.15) is 40.8 Å². The number of para-hydroxylation sites is 1. The maximum atomic E-state index is 15.8. The molecule has 39 heavy (non-hydrogen) atoms. The molecule has 2 heterocycles. The Labute approximate surface area is 222 Å². The minimum Gasteiger partial charge on any atom is -0.462 e. The first-order chi connectivity index (χ1) is 18.1. The molecule has 1 aromatic carbocycles. The Bertz CT molecular complexity index is 1320. The molecular weight excluding hydrogens is 543 g/mol. The van der Waals surface area contributed by atoms with E-state index in [2.05, 4.69) is 5.09 Å². The molecule has 0 bridgehead atoms. The number of hydrogen-bond acceptors (Lipinski definition) is 9. The van der Waals surface area contributed by atoms with Gasteiger partial charge in [-0.15, -0.1) is 0 Å². The van der Waals surface area contributed by atoms with Crippen LogP contribution in [0.4, 0.5) is 8.78 Å². The third-order valence-electron chi connectivity index (χ3n) is 5.84. The largest absolute Gasteiger partial charge is 0.462 e.